The summed E-state index contributed by atoms with van der Waals surface area (Å²) in [6.45, 7) is 1.64. The van der Waals surface area contributed by atoms with Crippen LogP contribution in [0.3, 0.4) is 0 Å². The molecule has 0 N–H and O–H groups in total. The van der Waals surface area contributed by atoms with Crippen molar-refractivity contribution < 1.29 is 23.5 Å². The molecule has 1 aromatic heterocycles. The van der Waals surface area contributed by atoms with E-state index in [1.165, 1.54) is 29.8 Å². The quantitative estimate of drug-likeness (QED) is 0.529. The smallest absolute Gasteiger partial charge is 0.209 e. The molecule has 0 spiro atoms. The number of hydrogen-bond donors (Lipinski definition) is 0. The molecule has 0 bridgehead atoms. The SMILES string of the molecule is COc1cc2c(cc1OC)CN(CC(=O)c1cc(C(=O)c3ccc(F)cc3)n(C)c1)CC2. The third kappa shape index (κ3) is 4.29. The van der Waals surface area contributed by atoms with Gasteiger partial charge in [0.15, 0.2) is 17.3 Å². The number of ether oxygens (including phenoxy) is 2. The van der Waals surface area contributed by atoms with Gasteiger partial charge in [-0.3, -0.25) is 14.5 Å². The molecular formula is C25H25FN2O4. The second kappa shape index (κ2) is 8.96. The molecular weight excluding hydrogens is 411 g/mol. The maximum Gasteiger partial charge on any atom is 0.209 e. The molecule has 0 aliphatic carbocycles. The maximum atomic E-state index is 13.2. The van der Waals surface area contributed by atoms with Gasteiger partial charge in [0.1, 0.15) is 5.82 Å². The van der Waals surface area contributed by atoms with Crippen LogP contribution >= 0.6 is 0 Å². The number of Topliss-reactive ketones (excluding diaryl/α,β-unsaturated/α-hetero) is 1. The zero-order chi connectivity index (χ0) is 22.8. The molecule has 2 aromatic carbocycles. The van der Waals surface area contributed by atoms with Crippen LogP contribution in [0.5, 0.6) is 11.5 Å². The molecule has 1 aliphatic rings. The first-order valence-corrected chi connectivity index (χ1v) is 10.4. The van der Waals surface area contributed by atoms with Crippen molar-refractivity contribution in [3.63, 3.8) is 0 Å². The number of carbonyl (C=O) groups is 2. The summed E-state index contributed by atoms with van der Waals surface area (Å²) in [5.74, 6) is 0.676. The highest BCUT2D eigenvalue weighted by Crippen LogP contribution is 2.33. The van der Waals surface area contributed by atoms with E-state index in [1.54, 1.807) is 38.1 Å². The normalized spacial score (nSPS) is 13.5. The van der Waals surface area contributed by atoms with Gasteiger partial charge in [0, 0.05) is 37.5 Å². The number of aryl methyl sites for hydroxylation is 1. The summed E-state index contributed by atoms with van der Waals surface area (Å²) >= 11 is 0. The van der Waals surface area contributed by atoms with Gasteiger partial charge in [-0.25, -0.2) is 4.39 Å². The number of carbonyl (C=O) groups excluding carboxylic acids is 2. The van der Waals surface area contributed by atoms with Crippen molar-refractivity contribution in [3.05, 3.63) is 82.4 Å². The second-order valence-corrected chi connectivity index (χ2v) is 7.92. The van der Waals surface area contributed by atoms with Crippen molar-refractivity contribution in [2.24, 2.45) is 7.05 Å². The Bertz CT molecular complexity index is 1170. The van der Waals surface area contributed by atoms with Crippen LogP contribution in [0.25, 0.3) is 0 Å². The Hall–Kier alpha value is -3.45. The molecule has 0 atom stereocenters. The summed E-state index contributed by atoms with van der Waals surface area (Å²) in [5.41, 5.74) is 3.56. The molecule has 32 heavy (non-hydrogen) atoms. The van der Waals surface area contributed by atoms with E-state index in [2.05, 4.69) is 4.90 Å². The van der Waals surface area contributed by atoms with Crippen molar-refractivity contribution in [1.82, 2.24) is 9.47 Å². The van der Waals surface area contributed by atoms with Gasteiger partial charge in [-0.05, 0) is 60.0 Å². The fraction of sp³-hybridized carbons (Fsp3) is 0.280. The average molecular weight is 436 g/mol. The Morgan fingerprint density at radius 3 is 2.28 bits per heavy atom. The van der Waals surface area contributed by atoms with E-state index in [0.29, 0.717) is 34.9 Å². The summed E-state index contributed by atoms with van der Waals surface area (Å²) in [4.78, 5) is 27.8. The van der Waals surface area contributed by atoms with E-state index in [4.69, 9.17) is 9.47 Å². The van der Waals surface area contributed by atoms with Gasteiger partial charge in [0.05, 0.1) is 26.5 Å². The minimum Gasteiger partial charge on any atom is -0.493 e. The number of ketones is 2. The zero-order valence-corrected chi connectivity index (χ0v) is 18.4. The fourth-order valence-electron chi connectivity index (χ4n) is 4.06. The van der Waals surface area contributed by atoms with Gasteiger partial charge >= 0.3 is 0 Å². The number of rotatable bonds is 7. The summed E-state index contributed by atoms with van der Waals surface area (Å²) in [6, 6.07) is 11.0. The molecule has 0 unspecified atom stereocenters. The predicted molar refractivity (Wildman–Crippen MR) is 118 cm³/mol. The van der Waals surface area contributed by atoms with Gasteiger partial charge in [-0.2, -0.15) is 0 Å². The molecule has 0 saturated carbocycles. The molecule has 0 amide bonds. The predicted octanol–water partition coefficient (Wildman–Crippen LogP) is 3.65. The van der Waals surface area contributed by atoms with Crippen molar-refractivity contribution in [3.8, 4) is 11.5 Å². The lowest BCUT2D eigenvalue weighted by atomic mass is 9.98. The highest BCUT2D eigenvalue weighted by Gasteiger charge is 2.23. The summed E-state index contributed by atoms with van der Waals surface area (Å²) in [5, 5.41) is 0. The minimum atomic E-state index is -0.400. The molecule has 7 heteroatoms. The van der Waals surface area contributed by atoms with Crippen LogP contribution in [0.15, 0.2) is 48.7 Å². The van der Waals surface area contributed by atoms with E-state index in [-0.39, 0.29) is 18.1 Å². The fourth-order valence-corrected chi connectivity index (χ4v) is 4.06. The molecule has 166 valence electrons. The first kappa shape index (κ1) is 21.8. The van der Waals surface area contributed by atoms with Crippen LogP contribution < -0.4 is 9.47 Å². The largest absolute Gasteiger partial charge is 0.493 e. The maximum absolute atomic E-state index is 13.2. The Kier molecular flexibility index (Phi) is 6.10. The molecule has 3 aromatic rings. The van der Waals surface area contributed by atoms with Crippen LogP contribution in [0, 0.1) is 5.82 Å². The number of benzene rings is 2. The second-order valence-electron chi connectivity index (χ2n) is 7.92. The van der Waals surface area contributed by atoms with Gasteiger partial charge in [-0.15, -0.1) is 0 Å². The Morgan fingerprint density at radius 2 is 1.62 bits per heavy atom. The number of halogens is 1. The van der Waals surface area contributed by atoms with Gasteiger partial charge < -0.3 is 14.0 Å². The molecule has 0 fully saturated rings. The van der Waals surface area contributed by atoms with E-state index < -0.39 is 5.82 Å². The van der Waals surface area contributed by atoms with Crippen molar-refractivity contribution in [2.75, 3.05) is 27.3 Å². The number of hydrogen-bond acceptors (Lipinski definition) is 5. The summed E-state index contributed by atoms with van der Waals surface area (Å²) in [7, 11) is 4.95. The van der Waals surface area contributed by atoms with Crippen LogP contribution in [-0.2, 0) is 20.0 Å². The van der Waals surface area contributed by atoms with Gasteiger partial charge in [0.2, 0.25) is 5.78 Å². The lowest BCUT2D eigenvalue weighted by Gasteiger charge is -2.28. The average Bonchev–Trinajstić information content (AvgIpc) is 3.19. The van der Waals surface area contributed by atoms with Crippen LogP contribution in [-0.4, -0.2) is 48.3 Å². The van der Waals surface area contributed by atoms with Crippen molar-refractivity contribution in [2.45, 2.75) is 13.0 Å². The van der Waals surface area contributed by atoms with Crippen molar-refractivity contribution in [1.29, 1.82) is 0 Å². The third-order valence-electron chi connectivity index (χ3n) is 5.83. The van der Waals surface area contributed by atoms with Gasteiger partial charge in [0.25, 0.3) is 0 Å². The number of fused-ring (bicyclic) bond motifs is 1. The van der Waals surface area contributed by atoms with E-state index >= 15 is 0 Å². The molecule has 0 saturated heterocycles. The van der Waals surface area contributed by atoms with Crippen LogP contribution in [0.2, 0.25) is 0 Å². The number of aromatic nitrogens is 1. The molecule has 4 rings (SSSR count). The van der Waals surface area contributed by atoms with Crippen LogP contribution in [0.4, 0.5) is 4.39 Å². The monoisotopic (exact) mass is 436 g/mol. The zero-order valence-electron chi connectivity index (χ0n) is 18.4. The van der Waals surface area contributed by atoms with E-state index in [9.17, 15) is 14.0 Å². The first-order valence-electron chi connectivity index (χ1n) is 10.4. The van der Waals surface area contributed by atoms with Gasteiger partial charge in [-0.1, -0.05) is 0 Å². The lowest BCUT2D eigenvalue weighted by Crippen LogP contribution is -2.34. The summed E-state index contributed by atoms with van der Waals surface area (Å²) < 4.78 is 25.6. The third-order valence-corrected chi connectivity index (χ3v) is 5.83. The Balaban J connectivity index is 1.48. The highest BCUT2D eigenvalue weighted by atomic mass is 19.1. The molecule has 0 radical (unpaired) electrons. The lowest BCUT2D eigenvalue weighted by molar-refractivity contribution is 0.0921. The molecule has 1 aliphatic heterocycles. The van der Waals surface area contributed by atoms with Crippen molar-refractivity contribution >= 4 is 11.6 Å². The highest BCUT2D eigenvalue weighted by molar-refractivity contribution is 6.09. The standard InChI is InChI=1S/C25H25FN2O4/c1-27-13-19(10-21(27)25(30)16-4-6-20(26)7-5-16)22(29)15-28-9-8-17-11-23(31-2)24(32-3)12-18(17)14-28/h4-7,10-13H,8-9,14-15H2,1-3H3. The Labute approximate surface area is 186 Å². The molecule has 6 nitrogen and oxygen atoms in total. The Morgan fingerprint density at radius 1 is 0.969 bits per heavy atom. The minimum absolute atomic E-state index is 0.0531. The number of nitrogens with zero attached hydrogens (tertiary/aromatic N) is 2. The van der Waals surface area contributed by atoms with E-state index in [1.807, 2.05) is 12.1 Å². The first-order chi connectivity index (χ1) is 15.4. The van der Waals surface area contributed by atoms with Crippen LogP contribution in [0.1, 0.15) is 37.5 Å². The molecule has 2 heterocycles. The van der Waals surface area contributed by atoms with E-state index in [0.717, 1.165) is 18.5 Å². The summed E-state index contributed by atoms with van der Waals surface area (Å²) in [6.07, 6.45) is 2.48. The topological polar surface area (TPSA) is 60.8 Å². The number of methoxy groups -OCH3 is 2.